The first-order chi connectivity index (χ1) is 12.8. The molecule has 0 atom stereocenters. The van der Waals surface area contributed by atoms with E-state index in [9.17, 15) is 9.18 Å². The van der Waals surface area contributed by atoms with E-state index in [1.54, 1.807) is 27.7 Å². The fourth-order valence-corrected chi connectivity index (χ4v) is 3.33. The lowest BCUT2D eigenvalue weighted by Gasteiger charge is -2.05. The first kappa shape index (κ1) is 19.8. The van der Waals surface area contributed by atoms with Crippen molar-refractivity contribution >= 4 is 43.6 Å². The maximum Gasteiger partial charge on any atom is 0.227 e. The number of carbonyl (C=O) groups excluding carboxylic acids is 1. The van der Waals surface area contributed by atoms with E-state index < -0.39 is 0 Å². The first-order valence-corrected chi connectivity index (χ1v) is 9.89. The molecule has 27 heavy (non-hydrogen) atoms. The zero-order chi connectivity index (χ0) is 19.6. The zero-order valence-corrected chi connectivity index (χ0v) is 18.0. The molecule has 9 heteroatoms. The highest BCUT2D eigenvalue weighted by molar-refractivity contribution is 9.11. The molecule has 0 fully saturated rings. The molecule has 1 N–H and O–H groups in total. The van der Waals surface area contributed by atoms with E-state index in [-0.39, 0.29) is 18.1 Å². The van der Waals surface area contributed by atoms with Gasteiger partial charge in [0, 0.05) is 18.3 Å². The van der Waals surface area contributed by atoms with Crippen LogP contribution in [0.5, 0.6) is 0 Å². The van der Waals surface area contributed by atoms with Gasteiger partial charge in [-0.1, -0.05) is 12.1 Å². The number of rotatable bonds is 6. The fourth-order valence-electron chi connectivity index (χ4n) is 2.63. The van der Waals surface area contributed by atoms with Crippen molar-refractivity contribution in [3.05, 3.63) is 62.2 Å². The maximum absolute atomic E-state index is 13.0. The van der Waals surface area contributed by atoms with Crippen molar-refractivity contribution in [2.24, 2.45) is 0 Å². The summed E-state index contributed by atoms with van der Waals surface area (Å²) >= 11 is 6.89. The van der Waals surface area contributed by atoms with Crippen LogP contribution in [0.2, 0.25) is 0 Å². The van der Waals surface area contributed by atoms with Crippen molar-refractivity contribution in [1.82, 2.24) is 19.6 Å². The third-order valence-electron chi connectivity index (χ3n) is 4.08. The maximum atomic E-state index is 13.0. The van der Waals surface area contributed by atoms with E-state index in [2.05, 4.69) is 47.4 Å². The predicted molar refractivity (Wildman–Crippen MR) is 108 cm³/mol. The van der Waals surface area contributed by atoms with E-state index >= 15 is 0 Å². The number of nitrogens with one attached hydrogen (secondary N) is 1. The van der Waals surface area contributed by atoms with Gasteiger partial charge in [-0.25, -0.2) is 4.39 Å². The minimum Gasteiger partial charge on any atom is -0.308 e. The van der Waals surface area contributed by atoms with Crippen LogP contribution in [0.25, 0.3) is 0 Å². The number of halogens is 3. The largest absolute Gasteiger partial charge is 0.308 e. The fraction of sp³-hybridized carbons (Fsp3) is 0.278. The van der Waals surface area contributed by atoms with E-state index in [1.165, 1.54) is 12.1 Å². The first-order valence-electron chi connectivity index (χ1n) is 8.30. The highest BCUT2D eigenvalue weighted by Gasteiger charge is 2.13. The van der Waals surface area contributed by atoms with Crippen LogP contribution in [0.4, 0.5) is 10.2 Å². The Labute approximate surface area is 173 Å². The summed E-state index contributed by atoms with van der Waals surface area (Å²) in [5, 5.41) is 11.6. The SMILES string of the molecule is Cc1nn(CCC(=O)Nc2nn(Cc3ccc(F)cc3)cc2Br)c(C)c1Br. The Hall–Kier alpha value is -2.00. The normalized spacial score (nSPS) is 11.0. The summed E-state index contributed by atoms with van der Waals surface area (Å²) in [6.07, 6.45) is 2.06. The van der Waals surface area contributed by atoms with Crippen molar-refractivity contribution in [3.8, 4) is 0 Å². The van der Waals surface area contributed by atoms with Crippen molar-refractivity contribution < 1.29 is 9.18 Å². The van der Waals surface area contributed by atoms with E-state index in [4.69, 9.17) is 0 Å². The Balaban J connectivity index is 1.60. The predicted octanol–water partition coefficient (Wildman–Crippen LogP) is 4.44. The second kappa shape index (κ2) is 8.35. The molecular weight excluding hydrogens is 481 g/mol. The zero-order valence-electron chi connectivity index (χ0n) is 14.8. The molecular formula is C18H18Br2FN5O. The van der Waals surface area contributed by atoms with Gasteiger partial charge in [0.1, 0.15) is 5.82 Å². The second-order valence-electron chi connectivity index (χ2n) is 6.16. The molecule has 0 saturated heterocycles. The minimum absolute atomic E-state index is 0.147. The molecule has 2 heterocycles. The molecule has 6 nitrogen and oxygen atoms in total. The molecule has 0 saturated carbocycles. The van der Waals surface area contributed by atoms with E-state index in [0.29, 0.717) is 23.4 Å². The summed E-state index contributed by atoms with van der Waals surface area (Å²) in [5.41, 5.74) is 2.81. The molecule has 2 aromatic heterocycles. The lowest BCUT2D eigenvalue weighted by atomic mass is 10.2. The van der Waals surface area contributed by atoms with Crippen molar-refractivity contribution in [2.75, 3.05) is 5.32 Å². The van der Waals surface area contributed by atoms with Crippen LogP contribution in [0.1, 0.15) is 23.4 Å². The molecule has 0 aliphatic rings. The molecule has 0 aliphatic carbocycles. The molecule has 0 unspecified atom stereocenters. The van der Waals surface area contributed by atoms with Gasteiger partial charge in [-0.3, -0.25) is 14.2 Å². The van der Waals surface area contributed by atoms with Crippen molar-refractivity contribution in [3.63, 3.8) is 0 Å². The van der Waals surface area contributed by atoms with Crippen LogP contribution < -0.4 is 5.32 Å². The van der Waals surface area contributed by atoms with Gasteiger partial charge in [0.15, 0.2) is 5.82 Å². The number of aryl methyl sites for hydroxylation is 2. The molecule has 1 aromatic carbocycles. The van der Waals surface area contributed by atoms with Crippen molar-refractivity contribution in [2.45, 2.75) is 33.4 Å². The number of hydrogen-bond acceptors (Lipinski definition) is 3. The Kier molecular flexibility index (Phi) is 6.11. The monoisotopic (exact) mass is 497 g/mol. The smallest absolute Gasteiger partial charge is 0.227 e. The molecule has 0 bridgehead atoms. The molecule has 142 valence electrons. The lowest BCUT2D eigenvalue weighted by Crippen LogP contribution is -2.16. The molecule has 1 amide bonds. The number of amides is 1. The van der Waals surface area contributed by atoms with Gasteiger partial charge in [0.25, 0.3) is 0 Å². The second-order valence-corrected chi connectivity index (χ2v) is 7.80. The van der Waals surface area contributed by atoms with Gasteiger partial charge in [-0.2, -0.15) is 10.2 Å². The Morgan fingerprint density at radius 2 is 1.89 bits per heavy atom. The summed E-state index contributed by atoms with van der Waals surface area (Å²) in [5.74, 6) is 0.0334. The van der Waals surface area contributed by atoms with Crippen LogP contribution in [-0.2, 0) is 17.9 Å². The van der Waals surface area contributed by atoms with Crippen LogP contribution >= 0.6 is 31.9 Å². The molecule has 3 aromatic rings. The van der Waals surface area contributed by atoms with Crippen LogP contribution in [0.15, 0.2) is 39.4 Å². The number of hydrogen-bond donors (Lipinski definition) is 1. The van der Waals surface area contributed by atoms with Gasteiger partial charge in [-0.05, 0) is 63.4 Å². The third kappa shape index (κ3) is 4.84. The Morgan fingerprint density at radius 1 is 1.19 bits per heavy atom. The average molecular weight is 499 g/mol. The Morgan fingerprint density at radius 3 is 2.52 bits per heavy atom. The summed E-state index contributed by atoms with van der Waals surface area (Å²) in [6.45, 7) is 4.83. The third-order valence-corrected chi connectivity index (χ3v) is 5.80. The van der Waals surface area contributed by atoms with Gasteiger partial charge in [0.2, 0.25) is 5.91 Å². The van der Waals surface area contributed by atoms with Gasteiger partial charge >= 0.3 is 0 Å². The van der Waals surface area contributed by atoms with Crippen LogP contribution in [-0.4, -0.2) is 25.5 Å². The molecule has 0 radical (unpaired) electrons. The lowest BCUT2D eigenvalue weighted by molar-refractivity contribution is -0.116. The molecule has 3 rings (SSSR count). The number of aromatic nitrogens is 4. The standard InChI is InChI=1S/C18H18Br2FN5O/c1-11-17(20)12(2)26(23-11)8-7-16(27)22-18-15(19)10-25(24-18)9-13-3-5-14(21)6-4-13/h3-6,10H,7-9H2,1-2H3,(H,22,24,27). The highest BCUT2D eigenvalue weighted by atomic mass is 79.9. The number of carbonyl (C=O) groups is 1. The minimum atomic E-state index is -0.275. The van der Waals surface area contributed by atoms with Gasteiger partial charge in [0.05, 0.1) is 27.7 Å². The highest BCUT2D eigenvalue weighted by Crippen LogP contribution is 2.22. The summed E-state index contributed by atoms with van der Waals surface area (Å²) in [6, 6.07) is 6.23. The summed E-state index contributed by atoms with van der Waals surface area (Å²) in [4.78, 5) is 12.3. The quantitative estimate of drug-likeness (QED) is 0.546. The Bertz CT molecular complexity index is 965. The van der Waals surface area contributed by atoms with Gasteiger partial charge in [-0.15, -0.1) is 0 Å². The summed E-state index contributed by atoms with van der Waals surface area (Å²) < 4.78 is 18.1. The van der Waals surface area contributed by atoms with Crippen molar-refractivity contribution in [1.29, 1.82) is 0 Å². The number of benzene rings is 1. The topological polar surface area (TPSA) is 64.7 Å². The van der Waals surface area contributed by atoms with E-state index in [1.807, 2.05) is 13.8 Å². The number of anilines is 1. The van der Waals surface area contributed by atoms with E-state index in [0.717, 1.165) is 21.4 Å². The average Bonchev–Trinajstić information content (AvgIpc) is 3.09. The van der Waals surface area contributed by atoms with Crippen LogP contribution in [0.3, 0.4) is 0 Å². The molecule has 0 aliphatic heterocycles. The van der Waals surface area contributed by atoms with Crippen LogP contribution in [0, 0.1) is 19.7 Å². The molecule has 0 spiro atoms. The van der Waals surface area contributed by atoms with Gasteiger partial charge < -0.3 is 5.32 Å². The summed E-state index contributed by atoms with van der Waals surface area (Å²) in [7, 11) is 0. The number of nitrogens with zero attached hydrogens (tertiary/aromatic N) is 4.